The minimum atomic E-state index is -0.233. The molecule has 2 aromatic carbocycles. The smallest absolute Gasteiger partial charge is 0.136 e. The van der Waals surface area contributed by atoms with E-state index in [1.165, 1.54) is 12.6 Å². The van der Waals surface area contributed by atoms with E-state index in [0.717, 1.165) is 29.5 Å². The molecule has 1 fully saturated rings. The van der Waals surface area contributed by atoms with Crippen LogP contribution in [0.25, 0.3) is 0 Å². The number of allylic oxidation sites excluding steroid dienone is 2. The third-order valence-corrected chi connectivity index (χ3v) is 5.60. The molecule has 5 N–H and O–H groups in total. The fraction of sp³-hybridized carbons (Fsp3) is 0.280. The third-order valence-electron chi connectivity index (χ3n) is 5.60. The summed E-state index contributed by atoms with van der Waals surface area (Å²) in [7, 11) is 0. The van der Waals surface area contributed by atoms with E-state index in [1.54, 1.807) is 13.0 Å². The molecular weight excluding hydrogens is 375 g/mol. The first-order chi connectivity index (χ1) is 14.4. The van der Waals surface area contributed by atoms with Crippen molar-refractivity contribution in [3.05, 3.63) is 94.6 Å². The molecule has 0 aliphatic heterocycles. The maximum Gasteiger partial charge on any atom is 0.136 e. The molecule has 0 amide bonds. The predicted molar refractivity (Wildman–Crippen MR) is 123 cm³/mol. The van der Waals surface area contributed by atoms with E-state index in [2.05, 4.69) is 11.6 Å². The highest BCUT2D eigenvalue weighted by Gasteiger charge is 2.25. The van der Waals surface area contributed by atoms with E-state index in [0.29, 0.717) is 41.3 Å². The molecule has 0 atom stereocenters. The normalized spacial score (nSPS) is 15.0. The molecule has 1 saturated carbocycles. The van der Waals surface area contributed by atoms with Crippen molar-refractivity contribution in [3.63, 3.8) is 0 Å². The van der Waals surface area contributed by atoms with Gasteiger partial charge in [-0.3, -0.25) is 10.4 Å². The highest BCUT2D eigenvalue weighted by molar-refractivity contribution is 6.09. The van der Waals surface area contributed by atoms with Crippen molar-refractivity contribution in [1.82, 2.24) is 0 Å². The fourth-order valence-electron chi connectivity index (χ4n) is 3.76. The van der Waals surface area contributed by atoms with Gasteiger partial charge in [0, 0.05) is 23.0 Å². The summed E-state index contributed by atoms with van der Waals surface area (Å²) in [5.74, 6) is 0.224. The monoisotopic (exact) mass is 404 g/mol. The van der Waals surface area contributed by atoms with Crippen molar-refractivity contribution in [3.8, 4) is 0 Å². The lowest BCUT2D eigenvalue weighted by molar-refractivity contribution is 0.414. The van der Waals surface area contributed by atoms with E-state index in [1.807, 2.05) is 36.4 Å². The number of hydrogen-bond donors (Lipinski definition) is 3. The first-order valence-electron chi connectivity index (χ1n) is 10.3. The van der Waals surface area contributed by atoms with Crippen LogP contribution in [0.1, 0.15) is 59.9 Å². The SMILES string of the molecule is C=CC(=N/C=C(\C)N)c1ccc(C2CCC2)c(CCc2cccc(C(=N)N)c2)c1F. The van der Waals surface area contributed by atoms with Gasteiger partial charge >= 0.3 is 0 Å². The van der Waals surface area contributed by atoms with Crippen LogP contribution < -0.4 is 11.5 Å². The summed E-state index contributed by atoms with van der Waals surface area (Å²) < 4.78 is 15.7. The van der Waals surface area contributed by atoms with Crippen molar-refractivity contribution < 1.29 is 4.39 Å². The Labute approximate surface area is 177 Å². The number of nitrogens with zero attached hydrogens (tertiary/aromatic N) is 1. The molecule has 5 heteroatoms. The van der Waals surface area contributed by atoms with Crippen molar-refractivity contribution >= 4 is 11.5 Å². The van der Waals surface area contributed by atoms with Crippen LogP contribution in [0, 0.1) is 11.2 Å². The number of nitrogens with two attached hydrogens (primary N) is 2. The van der Waals surface area contributed by atoms with Crippen LogP contribution in [0.15, 0.2) is 65.9 Å². The Morgan fingerprint density at radius 3 is 2.60 bits per heavy atom. The lowest BCUT2D eigenvalue weighted by atomic mass is 9.76. The Balaban J connectivity index is 1.97. The Bertz CT molecular complexity index is 1010. The standard InChI is InChI=1S/C25H29FN4/c1-3-23(30-15-16(2)27)22-13-12-20(18-7-5-8-18)21(24(22)26)11-10-17-6-4-9-19(14-17)25(28)29/h3-4,6,9,12-15,18H,1,5,7-8,10-11,27H2,2H3,(H3,28,29)/b16-15+,30-23?. The second-order valence-corrected chi connectivity index (χ2v) is 7.83. The molecule has 3 rings (SSSR count). The third kappa shape index (κ3) is 4.85. The summed E-state index contributed by atoms with van der Waals surface area (Å²) in [5, 5.41) is 7.63. The number of benzene rings is 2. The largest absolute Gasteiger partial charge is 0.401 e. The Morgan fingerprint density at radius 1 is 1.23 bits per heavy atom. The van der Waals surface area contributed by atoms with Gasteiger partial charge in [-0.05, 0) is 73.4 Å². The lowest BCUT2D eigenvalue weighted by Crippen LogP contribution is -2.15. The highest BCUT2D eigenvalue weighted by Crippen LogP contribution is 2.39. The van der Waals surface area contributed by atoms with Crippen LogP contribution in [0.5, 0.6) is 0 Å². The number of nitrogen functional groups attached to an aromatic ring is 1. The van der Waals surface area contributed by atoms with Crippen LogP contribution in [-0.2, 0) is 12.8 Å². The maximum atomic E-state index is 15.7. The van der Waals surface area contributed by atoms with E-state index in [4.69, 9.17) is 16.9 Å². The van der Waals surface area contributed by atoms with Gasteiger partial charge in [-0.25, -0.2) is 4.39 Å². The first kappa shape index (κ1) is 21.5. The molecule has 4 nitrogen and oxygen atoms in total. The van der Waals surface area contributed by atoms with Gasteiger partial charge in [0.1, 0.15) is 11.7 Å². The predicted octanol–water partition coefficient (Wildman–Crippen LogP) is 4.96. The maximum absolute atomic E-state index is 15.7. The number of hydrogen-bond acceptors (Lipinski definition) is 3. The number of rotatable bonds is 8. The second kappa shape index (κ2) is 9.53. The van der Waals surface area contributed by atoms with Gasteiger partial charge in [0.25, 0.3) is 0 Å². The molecule has 0 saturated heterocycles. The molecule has 0 spiro atoms. The summed E-state index contributed by atoms with van der Waals surface area (Å²) >= 11 is 0. The molecule has 1 aliphatic carbocycles. The molecule has 30 heavy (non-hydrogen) atoms. The lowest BCUT2D eigenvalue weighted by Gasteiger charge is -2.29. The van der Waals surface area contributed by atoms with Crippen LogP contribution in [0.2, 0.25) is 0 Å². The first-order valence-corrected chi connectivity index (χ1v) is 10.3. The molecule has 1 aliphatic rings. The van der Waals surface area contributed by atoms with Crippen LogP contribution in [0.3, 0.4) is 0 Å². The zero-order chi connectivity index (χ0) is 21.7. The van der Waals surface area contributed by atoms with Gasteiger partial charge in [0.2, 0.25) is 0 Å². The minimum Gasteiger partial charge on any atom is -0.401 e. The minimum absolute atomic E-state index is 0.0373. The van der Waals surface area contributed by atoms with Crippen molar-refractivity contribution in [1.29, 1.82) is 5.41 Å². The zero-order valence-corrected chi connectivity index (χ0v) is 17.4. The molecule has 0 heterocycles. The zero-order valence-electron chi connectivity index (χ0n) is 17.4. The van der Waals surface area contributed by atoms with E-state index in [-0.39, 0.29) is 11.7 Å². The summed E-state index contributed by atoms with van der Waals surface area (Å²) in [4.78, 5) is 4.31. The number of aliphatic imine (C=N–C) groups is 1. The van der Waals surface area contributed by atoms with Crippen molar-refractivity contribution in [2.45, 2.75) is 44.9 Å². The van der Waals surface area contributed by atoms with Gasteiger partial charge in [-0.15, -0.1) is 0 Å². The van der Waals surface area contributed by atoms with Crippen LogP contribution >= 0.6 is 0 Å². The summed E-state index contributed by atoms with van der Waals surface area (Å²) in [6, 6.07) is 11.4. The molecular formula is C25H29FN4. The van der Waals surface area contributed by atoms with Gasteiger partial charge in [0.05, 0.1) is 5.71 Å². The van der Waals surface area contributed by atoms with Gasteiger partial charge < -0.3 is 11.5 Å². The fourth-order valence-corrected chi connectivity index (χ4v) is 3.76. The summed E-state index contributed by atoms with van der Waals surface area (Å²) in [6.45, 7) is 5.53. The van der Waals surface area contributed by atoms with Crippen LogP contribution in [-0.4, -0.2) is 11.5 Å². The van der Waals surface area contributed by atoms with Gasteiger partial charge in [-0.2, -0.15) is 0 Å². The average molecular weight is 405 g/mol. The van der Waals surface area contributed by atoms with Crippen molar-refractivity contribution in [2.24, 2.45) is 16.5 Å². The molecule has 0 bridgehead atoms. The summed E-state index contributed by atoms with van der Waals surface area (Å²) in [5.41, 5.74) is 16.3. The number of halogens is 1. The average Bonchev–Trinajstić information content (AvgIpc) is 2.68. The summed E-state index contributed by atoms with van der Waals surface area (Å²) in [6.07, 6.45) is 7.71. The molecule has 0 radical (unpaired) electrons. The second-order valence-electron chi connectivity index (χ2n) is 7.83. The highest BCUT2D eigenvalue weighted by atomic mass is 19.1. The van der Waals surface area contributed by atoms with E-state index >= 15 is 4.39 Å². The Hall–Kier alpha value is -3.21. The van der Waals surface area contributed by atoms with Crippen LogP contribution in [0.4, 0.5) is 4.39 Å². The Kier molecular flexibility index (Phi) is 6.83. The quantitative estimate of drug-likeness (QED) is 0.429. The van der Waals surface area contributed by atoms with E-state index < -0.39 is 0 Å². The van der Waals surface area contributed by atoms with Gasteiger partial charge in [-0.1, -0.05) is 37.3 Å². The topological polar surface area (TPSA) is 88.2 Å². The molecule has 0 aromatic heterocycles. The molecule has 2 aromatic rings. The number of amidine groups is 1. The van der Waals surface area contributed by atoms with Crippen molar-refractivity contribution in [2.75, 3.05) is 0 Å². The molecule has 0 unspecified atom stereocenters. The van der Waals surface area contributed by atoms with E-state index in [9.17, 15) is 0 Å². The Morgan fingerprint density at radius 2 is 2.00 bits per heavy atom. The van der Waals surface area contributed by atoms with Gasteiger partial charge in [0.15, 0.2) is 0 Å². The molecule has 156 valence electrons. The number of aryl methyl sites for hydroxylation is 1. The number of nitrogens with one attached hydrogen (secondary N) is 1.